The molecular formula is C9H16N2O2. The second kappa shape index (κ2) is 3.27. The van der Waals surface area contributed by atoms with Crippen molar-refractivity contribution in [3.05, 3.63) is 0 Å². The number of hydrogen-bond donors (Lipinski definition) is 2. The summed E-state index contributed by atoms with van der Waals surface area (Å²) in [5.41, 5.74) is 5.30. The molecule has 1 aliphatic heterocycles. The van der Waals surface area contributed by atoms with Crippen LogP contribution in [0.4, 0.5) is 0 Å². The summed E-state index contributed by atoms with van der Waals surface area (Å²) in [6.45, 7) is 1.21. The Morgan fingerprint density at radius 2 is 2.38 bits per heavy atom. The average molecular weight is 184 g/mol. The minimum absolute atomic E-state index is 0.0680. The standard InChI is InChI=1S/C9H16N2O2/c10-9(13)7-2-1-3-11(7)8-4-6(8)5-12/h6-8,12H,1-5H2,(H2,10,13). The van der Waals surface area contributed by atoms with Crippen LogP contribution in [0, 0.1) is 5.92 Å². The molecule has 0 aromatic heterocycles. The van der Waals surface area contributed by atoms with Crippen molar-refractivity contribution in [2.75, 3.05) is 13.2 Å². The van der Waals surface area contributed by atoms with Gasteiger partial charge in [0.15, 0.2) is 0 Å². The molecule has 3 unspecified atom stereocenters. The molecule has 4 nitrogen and oxygen atoms in total. The molecule has 1 saturated heterocycles. The SMILES string of the molecule is NC(=O)C1CCCN1C1CC1CO. The molecule has 2 aliphatic rings. The normalized spacial score (nSPS) is 39.3. The summed E-state index contributed by atoms with van der Waals surface area (Å²) >= 11 is 0. The molecule has 74 valence electrons. The fourth-order valence-electron chi connectivity index (χ4n) is 2.33. The number of aliphatic hydroxyl groups is 1. The third-order valence-electron chi connectivity index (χ3n) is 3.17. The quantitative estimate of drug-likeness (QED) is 0.610. The van der Waals surface area contributed by atoms with Crippen LogP contribution in [0.3, 0.4) is 0 Å². The van der Waals surface area contributed by atoms with Crippen LogP contribution < -0.4 is 5.73 Å². The molecule has 0 aromatic rings. The summed E-state index contributed by atoms with van der Waals surface area (Å²) in [5, 5.41) is 8.92. The van der Waals surface area contributed by atoms with E-state index in [-0.39, 0.29) is 18.6 Å². The van der Waals surface area contributed by atoms with E-state index in [1.807, 2.05) is 0 Å². The number of carbonyl (C=O) groups is 1. The number of nitrogens with two attached hydrogens (primary N) is 1. The number of primary amides is 1. The Labute approximate surface area is 77.7 Å². The maximum absolute atomic E-state index is 11.1. The molecule has 1 heterocycles. The van der Waals surface area contributed by atoms with E-state index in [2.05, 4.69) is 4.90 Å². The van der Waals surface area contributed by atoms with Crippen molar-refractivity contribution in [1.29, 1.82) is 0 Å². The summed E-state index contributed by atoms with van der Waals surface area (Å²) in [7, 11) is 0. The van der Waals surface area contributed by atoms with Gasteiger partial charge in [-0.15, -0.1) is 0 Å². The monoisotopic (exact) mass is 184 g/mol. The first-order chi connectivity index (χ1) is 6.24. The number of nitrogens with zero attached hydrogens (tertiary/aromatic N) is 1. The maximum Gasteiger partial charge on any atom is 0.234 e. The van der Waals surface area contributed by atoms with E-state index in [1.54, 1.807) is 0 Å². The van der Waals surface area contributed by atoms with E-state index in [4.69, 9.17) is 10.8 Å². The van der Waals surface area contributed by atoms with Crippen LogP contribution in [0.5, 0.6) is 0 Å². The van der Waals surface area contributed by atoms with E-state index in [1.165, 1.54) is 0 Å². The lowest BCUT2D eigenvalue weighted by molar-refractivity contribution is -0.122. The summed E-state index contributed by atoms with van der Waals surface area (Å²) in [4.78, 5) is 13.2. The Morgan fingerprint density at radius 1 is 1.62 bits per heavy atom. The predicted octanol–water partition coefficient (Wildman–Crippen LogP) is -0.683. The number of rotatable bonds is 3. The highest BCUT2D eigenvalue weighted by Crippen LogP contribution is 2.39. The molecule has 4 heteroatoms. The van der Waals surface area contributed by atoms with Gasteiger partial charge in [-0.05, 0) is 31.7 Å². The first kappa shape index (κ1) is 8.97. The lowest BCUT2D eigenvalue weighted by Crippen LogP contribution is -2.42. The first-order valence-corrected chi connectivity index (χ1v) is 4.90. The van der Waals surface area contributed by atoms with E-state index in [9.17, 15) is 4.79 Å². The van der Waals surface area contributed by atoms with E-state index >= 15 is 0 Å². The van der Waals surface area contributed by atoms with Gasteiger partial charge in [0.25, 0.3) is 0 Å². The number of hydrogen-bond acceptors (Lipinski definition) is 3. The zero-order chi connectivity index (χ0) is 9.42. The lowest BCUT2D eigenvalue weighted by Gasteiger charge is -2.21. The van der Waals surface area contributed by atoms with E-state index in [0.717, 1.165) is 25.8 Å². The first-order valence-electron chi connectivity index (χ1n) is 4.90. The molecule has 3 atom stereocenters. The van der Waals surface area contributed by atoms with Crippen LogP contribution in [-0.4, -0.2) is 41.1 Å². The Hall–Kier alpha value is -0.610. The van der Waals surface area contributed by atoms with Gasteiger partial charge >= 0.3 is 0 Å². The number of likely N-dealkylation sites (tertiary alicyclic amines) is 1. The van der Waals surface area contributed by atoms with Crippen molar-refractivity contribution in [2.45, 2.75) is 31.3 Å². The second-order valence-corrected chi connectivity index (χ2v) is 4.04. The third-order valence-corrected chi connectivity index (χ3v) is 3.17. The van der Waals surface area contributed by atoms with Gasteiger partial charge in [-0.3, -0.25) is 9.69 Å². The molecule has 0 spiro atoms. The topological polar surface area (TPSA) is 66.6 Å². The summed E-state index contributed by atoms with van der Waals surface area (Å²) in [6.07, 6.45) is 2.98. The summed E-state index contributed by atoms with van der Waals surface area (Å²) < 4.78 is 0. The third kappa shape index (κ3) is 1.56. The van der Waals surface area contributed by atoms with Crippen LogP contribution in [0.1, 0.15) is 19.3 Å². The van der Waals surface area contributed by atoms with Crippen LogP contribution in [0.2, 0.25) is 0 Å². The van der Waals surface area contributed by atoms with Crippen molar-refractivity contribution in [3.8, 4) is 0 Å². The van der Waals surface area contributed by atoms with Crippen LogP contribution in [-0.2, 0) is 4.79 Å². The van der Waals surface area contributed by atoms with Gasteiger partial charge in [0, 0.05) is 12.6 Å². The van der Waals surface area contributed by atoms with Crippen molar-refractivity contribution in [3.63, 3.8) is 0 Å². The number of amides is 1. The molecule has 0 aromatic carbocycles. The van der Waals surface area contributed by atoms with Gasteiger partial charge in [-0.2, -0.15) is 0 Å². The predicted molar refractivity (Wildman–Crippen MR) is 47.9 cm³/mol. The van der Waals surface area contributed by atoms with Crippen molar-refractivity contribution in [1.82, 2.24) is 4.90 Å². The fourth-order valence-corrected chi connectivity index (χ4v) is 2.33. The Bertz CT molecular complexity index is 220. The molecule has 1 saturated carbocycles. The fraction of sp³-hybridized carbons (Fsp3) is 0.889. The maximum atomic E-state index is 11.1. The van der Waals surface area contributed by atoms with Gasteiger partial charge < -0.3 is 10.8 Å². The molecule has 0 bridgehead atoms. The number of carbonyl (C=O) groups excluding carboxylic acids is 1. The van der Waals surface area contributed by atoms with Crippen LogP contribution in [0.15, 0.2) is 0 Å². The highest BCUT2D eigenvalue weighted by molar-refractivity contribution is 5.80. The van der Waals surface area contributed by atoms with Crippen LogP contribution in [0.25, 0.3) is 0 Å². The van der Waals surface area contributed by atoms with Crippen molar-refractivity contribution >= 4 is 5.91 Å². The molecule has 13 heavy (non-hydrogen) atoms. The summed E-state index contributed by atoms with van der Waals surface area (Å²) in [6, 6.07) is 0.353. The van der Waals surface area contributed by atoms with E-state index in [0.29, 0.717) is 12.0 Å². The second-order valence-electron chi connectivity index (χ2n) is 4.04. The van der Waals surface area contributed by atoms with Gasteiger partial charge in [-0.1, -0.05) is 0 Å². The molecule has 3 N–H and O–H groups in total. The molecule has 2 fully saturated rings. The van der Waals surface area contributed by atoms with E-state index < -0.39 is 0 Å². The molecule has 1 aliphatic carbocycles. The van der Waals surface area contributed by atoms with Gasteiger partial charge in [-0.25, -0.2) is 0 Å². The number of aliphatic hydroxyl groups excluding tert-OH is 1. The van der Waals surface area contributed by atoms with Gasteiger partial charge in [0.2, 0.25) is 5.91 Å². The zero-order valence-corrected chi connectivity index (χ0v) is 7.65. The highest BCUT2D eigenvalue weighted by atomic mass is 16.3. The smallest absolute Gasteiger partial charge is 0.234 e. The van der Waals surface area contributed by atoms with Gasteiger partial charge in [0.1, 0.15) is 0 Å². The molecular weight excluding hydrogens is 168 g/mol. The highest BCUT2D eigenvalue weighted by Gasteiger charge is 2.46. The van der Waals surface area contributed by atoms with Crippen molar-refractivity contribution in [2.24, 2.45) is 11.7 Å². The Balaban J connectivity index is 1.95. The molecule has 2 rings (SSSR count). The molecule has 1 amide bonds. The van der Waals surface area contributed by atoms with Crippen molar-refractivity contribution < 1.29 is 9.90 Å². The van der Waals surface area contributed by atoms with Crippen LogP contribution >= 0.6 is 0 Å². The Kier molecular flexibility index (Phi) is 2.26. The zero-order valence-electron chi connectivity index (χ0n) is 7.65. The molecule has 0 radical (unpaired) electrons. The average Bonchev–Trinajstić information content (AvgIpc) is 2.72. The van der Waals surface area contributed by atoms with Gasteiger partial charge in [0.05, 0.1) is 6.04 Å². The minimum Gasteiger partial charge on any atom is -0.396 e. The Morgan fingerprint density at radius 3 is 2.92 bits per heavy atom. The largest absolute Gasteiger partial charge is 0.396 e. The lowest BCUT2D eigenvalue weighted by atomic mass is 10.2. The summed E-state index contributed by atoms with van der Waals surface area (Å²) in [5.74, 6) is 0.182. The minimum atomic E-state index is -0.207.